The van der Waals surface area contributed by atoms with Crippen LogP contribution in [0.1, 0.15) is 11.1 Å². The van der Waals surface area contributed by atoms with Crippen molar-refractivity contribution in [3.05, 3.63) is 41.6 Å². The molecule has 23 heavy (non-hydrogen) atoms. The number of aromatic amines is 1. The topological polar surface area (TPSA) is 97.0 Å². The van der Waals surface area contributed by atoms with E-state index in [2.05, 4.69) is 19.9 Å². The summed E-state index contributed by atoms with van der Waals surface area (Å²) in [5, 5.41) is 7.31. The number of hydrogen-bond acceptors (Lipinski definition) is 5. The summed E-state index contributed by atoms with van der Waals surface area (Å²) in [6.07, 6.45) is 1.61. The predicted molar refractivity (Wildman–Crippen MR) is 87.2 cm³/mol. The normalized spacial score (nSPS) is 11.6. The molecule has 7 nitrogen and oxygen atoms in total. The Morgan fingerprint density at radius 1 is 1.22 bits per heavy atom. The number of aryl methyl sites for hydroxylation is 2. The van der Waals surface area contributed by atoms with E-state index in [0.29, 0.717) is 27.9 Å². The standard InChI is InChI=1S/C15H16N4O3S/c1-9-7-11(22-3)8-10(2)13(9)23(20,21)19-15-12-5-4-6-16-14(12)17-18-15/h4-8H,1-3H3,(H2,16,17,18,19). The van der Waals surface area contributed by atoms with Crippen molar-refractivity contribution in [1.82, 2.24) is 15.2 Å². The molecule has 0 radical (unpaired) electrons. The van der Waals surface area contributed by atoms with Gasteiger partial charge in [-0.15, -0.1) is 0 Å². The summed E-state index contributed by atoms with van der Waals surface area (Å²) in [6, 6.07) is 6.84. The zero-order chi connectivity index (χ0) is 16.6. The summed E-state index contributed by atoms with van der Waals surface area (Å²) in [5.41, 5.74) is 1.73. The molecule has 0 amide bonds. The number of H-pyrrole nitrogens is 1. The molecule has 0 fully saturated rings. The maximum absolute atomic E-state index is 12.8. The van der Waals surface area contributed by atoms with E-state index in [0.717, 1.165) is 0 Å². The summed E-state index contributed by atoms with van der Waals surface area (Å²) < 4.78 is 33.2. The maximum atomic E-state index is 12.8. The van der Waals surface area contributed by atoms with Crippen molar-refractivity contribution in [2.45, 2.75) is 18.7 Å². The number of hydrogen-bond donors (Lipinski definition) is 2. The van der Waals surface area contributed by atoms with E-state index in [1.807, 2.05) is 0 Å². The minimum atomic E-state index is -3.78. The SMILES string of the molecule is COc1cc(C)c(S(=O)(=O)Nc2n[nH]c3ncccc23)c(C)c1. The molecule has 2 aromatic heterocycles. The number of aromatic nitrogens is 3. The number of ether oxygens (including phenoxy) is 1. The van der Waals surface area contributed by atoms with Gasteiger partial charge in [-0.05, 0) is 49.2 Å². The van der Waals surface area contributed by atoms with Crippen molar-refractivity contribution >= 4 is 26.9 Å². The molecule has 3 rings (SSSR count). The van der Waals surface area contributed by atoms with Gasteiger partial charge in [0.2, 0.25) is 0 Å². The average molecular weight is 332 g/mol. The van der Waals surface area contributed by atoms with Crippen LogP contribution < -0.4 is 9.46 Å². The first-order valence-electron chi connectivity index (χ1n) is 6.89. The van der Waals surface area contributed by atoms with E-state index < -0.39 is 10.0 Å². The second kappa shape index (κ2) is 5.54. The number of rotatable bonds is 4. The highest BCUT2D eigenvalue weighted by molar-refractivity contribution is 7.92. The van der Waals surface area contributed by atoms with Crippen molar-refractivity contribution in [2.75, 3.05) is 11.8 Å². The third-order valence-electron chi connectivity index (χ3n) is 3.51. The van der Waals surface area contributed by atoms with E-state index in [1.54, 1.807) is 51.4 Å². The van der Waals surface area contributed by atoms with Crippen LogP contribution in [0.4, 0.5) is 5.82 Å². The quantitative estimate of drug-likeness (QED) is 0.764. The monoisotopic (exact) mass is 332 g/mol. The van der Waals surface area contributed by atoms with Gasteiger partial charge in [0.1, 0.15) is 5.75 Å². The Kier molecular flexibility index (Phi) is 3.69. The van der Waals surface area contributed by atoms with E-state index >= 15 is 0 Å². The first kappa shape index (κ1) is 15.3. The van der Waals surface area contributed by atoms with Crippen LogP contribution in [0.15, 0.2) is 35.4 Å². The smallest absolute Gasteiger partial charge is 0.263 e. The molecule has 0 saturated heterocycles. The van der Waals surface area contributed by atoms with Crippen molar-refractivity contribution in [1.29, 1.82) is 0 Å². The highest BCUT2D eigenvalue weighted by atomic mass is 32.2. The number of sulfonamides is 1. The number of nitrogens with one attached hydrogen (secondary N) is 2. The molecule has 3 aromatic rings. The van der Waals surface area contributed by atoms with Gasteiger partial charge in [-0.3, -0.25) is 9.82 Å². The van der Waals surface area contributed by atoms with Crippen LogP contribution in [0.25, 0.3) is 11.0 Å². The van der Waals surface area contributed by atoms with Crippen molar-refractivity contribution in [3.63, 3.8) is 0 Å². The van der Waals surface area contributed by atoms with Gasteiger partial charge in [0.05, 0.1) is 17.4 Å². The first-order chi connectivity index (χ1) is 10.9. The third kappa shape index (κ3) is 2.72. The molecule has 0 aliphatic rings. The van der Waals surface area contributed by atoms with Crippen LogP contribution in [-0.4, -0.2) is 30.7 Å². The molecule has 0 spiro atoms. The second-order valence-corrected chi connectivity index (χ2v) is 6.79. The van der Waals surface area contributed by atoms with Gasteiger partial charge in [-0.25, -0.2) is 13.4 Å². The van der Waals surface area contributed by atoms with Crippen LogP contribution in [0.2, 0.25) is 0 Å². The second-order valence-electron chi connectivity index (χ2n) is 5.17. The van der Waals surface area contributed by atoms with Gasteiger partial charge in [-0.2, -0.15) is 5.10 Å². The van der Waals surface area contributed by atoms with E-state index in [-0.39, 0.29) is 10.7 Å². The molecule has 0 saturated carbocycles. The lowest BCUT2D eigenvalue weighted by molar-refractivity contribution is 0.413. The number of pyridine rings is 1. The van der Waals surface area contributed by atoms with E-state index in [9.17, 15) is 8.42 Å². The summed E-state index contributed by atoms with van der Waals surface area (Å²) in [5.74, 6) is 0.844. The number of fused-ring (bicyclic) bond motifs is 1. The molecule has 0 atom stereocenters. The van der Waals surface area contributed by atoms with Crippen LogP contribution >= 0.6 is 0 Å². The largest absolute Gasteiger partial charge is 0.497 e. The Morgan fingerprint density at radius 2 is 1.91 bits per heavy atom. The Morgan fingerprint density at radius 3 is 2.57 bits per heavy atom. The Labute approximate surface area is 133 Å². The highest BCUT2D eigenvalue weighted by Gasteiger charge is 2.22. The van der Waals surface area contributed by atoms with Crippen molar-refractivity contribution in [3.8, 4) is 5.75 Å². The first-order valence-corrected chi connectivity index (χ1v) is 8.38. The molecule has 8 heteroatoms. The van der Waals surface area contributed by atoms with Crippen molar-refractivity contribution in [2.24, 2.45) is 0 Å². The lowest BCUT2D eigenvalue weighted by Gasteiger charge is -2.13. The fourth-order valence-electron chi connectivity index (χ4n) is 2.56. The number of methoxy groups -OCH3 is 1. The third-order valence-corrected chi connectivity index (χ3v) is 5.15. The molecule has 0 unspecified atom stereocenters. The van der Waals surface area contributed by atoms with Gasteiger partial charge in [0, 0.05) is 6.20 Å². The summed E-state index contributed by atoms with van der Waals surface area (Å²) in [7, 11) is -2.23. The molecule has 2 N–H and O–H groups in total. The van der Waals surface area contributed by atoms with Gasteiger partial charge in [-0.1, -0.05) is 0 Å². The van der Waals surface area contributed by atoms with E-state index in [4.69, 9.17) is 4.74 Å². The highest BCUT2D eigenvalue weighted by Crippen LogP contribution is 2.28. The van der Waals surface area contributed by atoms with Crippen molar-refractivity contribution < 1.29 is 13.2 Å². The summed E-state index contributed by atoms with van der Waals surface area (Å²) in [4.78, 5) is 4.31. The van der Waals surface area contributed by atoms with Gasteiger partial charge < -0.3 is 4.74 Å². The predicted octanol–water partition coefficient (Wildman–Crippen LogP) is 2.38. The minimum Gasteiger partial charge on any atom is -0.497 e. The van der Waals surface area contributed by atoms with Crippen LogP contribution in [0, 0.1) is 13.8 Å². The number of nitrogens with zero attached hydrogens (tertiary/aromatic N) is 2. The molecule has 0 aliphatic carbocycles. The zero-order valence-corrected chi connectivity index (χ0v) is 13.7. The minimum absolute atomic E-state index is 0.221. The molecular weight excluding hydrogens is 316 g/mol. The summed E-state index contributed by atoms with van der Waals surface area (Å²) >= 11 is 0. The van der Waals surface area contributed by atoms with Gasteiger partial charge in [0.25, 0.3) is 10.0 Å². The maximum Gasteiger partial charge on any atom is 0.263 e. The zero-order valence-electron chi connectivity index (χ0n) is 12.9. The Hall–Kier alpha value is -2.61. The fraction of sp³-hybridized carbons (Fsp3) is 0.200. The fourth-order valence-corrected chi connectivity index (χ4v) is 4.04. The van der Waals surface area contributed by atoms with Crippen LogP contribution in [0.5, 0.6) is 5.75 Å². The molecule has 0 bridgehead atoms. The molecule has 1 aromatic carbocycles. The number of anilines is 1. The van der Waals surface area contributed by atoms with E-state index in [1.165, 1.54) is 0 Å². The van der Waals surface area contributed by atoms with Gasteiger partial charge >= 0.3 is 0 Å². The Balaban J connectivity index is 2.06. The summed E-state index contributed by atoms with van der Waals surface area (Å²) in [6.45, 7) is 3.46. The van der Waals surface area contributed by atoms with Gasteiger partial charge in [0.15, 0.2) is 11.5 Å². The average Bonchev–Trinajstić information content (AvgIpc) is 2.89. The lowest BCUT2D eigenvalue weighted by atomic mass is 10.1. The lowest BCUT2D eigenvalue weighted by Crippen LogP contribution is -2.16. The molecule has 2 heterocycles. The molecule has 120 valence electrons. The Bertz CT molecular complexity index is 956. The molecular formula is C15H16N4O3S. The molecule has 0 aliphatic heterocycles. The van der Waals surface area contributed by atoms with Crippen LogP contribution in [0.3, 0.4) is 0 Å². The number of benzene rings is 1. The van der Waals surface area contributed by atoms with Crippen LogP contribution in [-0.2, 0) is 10.0 Å².